The van der Waals surface area contributed by atoms with E-state index in [1.165, 1.54) is 19.3 Å². The van der Waals surface area contributed by atoms with Gasteiger partial charge in [-0.15, -0.1) is 11.6 Å². The van der Waals surface area contributed by atoms with Crippen LogP contribution >= 0.6 is 11.6 Å². The Morgan fingerprint density at radius 1 is 1.19 bits per heavy atom. The molecule has 0 saturated carbocycles. The van der Waals surface area contributed by atoms with Crippen LogP contribution in [0.1, 0.15) is 25.7 Å². The fraction of sp³-hybridized carbons (Fsp3) is 1.00. The lowest BCUT2D eigenvalue weighted by molar-refractivity contribution is 0.227. The van der Waals surface area contributed by atoms with E-state index in [-0.39, 0.29) is 11.6 Å². The molecule has 1 aliphatic heterocycles. The third-order valence-electron chi connectivity index (χ3n) is 2.77. The van der Waals surface area contributed by atoms with E-state index in [1.54, 1.807) is 0 Å². The molecule has 0 atom stereocenters. The molecule has 0 amide bonds. The largest absolute Gasteiger partial charge is 0.303 e. The topological polar surface area (TPSA) is 49.4 Å². The minimum atomic E-state index is -3.14. The molecule has 1 rings (SSSR count). The number of hydrogen-bond acceptors (Lipinski definition) is 3. The quantitative estimate of drug-likeness (QED) is 0.554. The molecular weight excluding hydrogens is 248 g/mol. The van der Waals surface area contributed by atoms with Crippen molar-refractivity contribution < 1.29 is 8.42 Å². The van der Waals surface area contributed by atoms with Gasteiger partial charge in [-0.1, -0.05) is 6.42 Å². The molecule has 0 aromatic carbocycles. The molecule has 1 fully saturated rings. The van der Waals surface area contributed by atoms with Crippen molar-refractivity contribution in [2.24, 2.45) is 0 Å². The average Bonchev–Trinajstić information content (AvgIpc) is 2.26. The molecule has 0 bridgehead atoms. The highest BCUT2D eigenvalue weighted by Gasteiger charge is 2.11. The van der Waals surface area contributed by atoms with Crippen molar-refractivity contribution in [2.45, 2.75) is 25.7 Å². The van der Waals surface area contributed by atoms with Crippen molar-refractivity contribution in [3.05, 3.63) is 0 Å². The van der Waals surface area contributed by atoms with E-state index in [1.807, 2.05) is 0 Å². The Hall–Kier alpha value is 0.160. The van der Waals surface area contributed by atoms with Gasteiger partial charge in [-0.05, 0) is 38.9 Å². The summed E-state index contributed by atoms with van der Waals surface area (Å²) in [7, 11) is -3.14. The van der Waals surface area contributed by atoms with Crippen molar-refractivity contribution in [3.63, 3.8) is 0 Å². The van der Waals surface area contributed by atoms with Gasteiger partial charge in [-0.2, -0.15) is 0 Å². The molecule has 1 saturated heterocycles. The Morgan fingerprint density at radius 3 is 2.50 bits per heavy atom. The van der Waals surface area contributed by atoms with Crippen LogP contribution in [0.4, 0.5) is 0 Å². The van der Waals surface area contributed by atoms with E-state index < -0.39 is 10.0 Å². The number of likely N-dealkylation sites (tertiary alicyclic amines) is 1. The number of halogens is 1. The van der Waals surface area contributed by atoms with Gasteiger partial charge in [-0.3, -0.25) is 0 Å². The lowest BCUT2D eigenvalue weighted by Gasteiger charge is -2.26. The lowest BCUT2D eigenvalue weighted by atomic mass is 10.1. The third-order valence-corrected chi connectivity index (χ3v) is 4.57. The van der Waals surface area contributed by atoms with Crippen LogP contribution in [0.3, 0.4) is 0 Å². The first-order valence-electron chi connectivity index (χ1n) is 5.90. The Morgan fingerprint density at radius 2 is 1.88 bits per heavy atom. The number of rotatable bonds is 7. The van der Waals surface area contributed by atoms with Crippen LogP contribution in [0.25, 0.3) is 0 Å². The van der Waals surface area contributed by atoms with E-state index in [0.29, 0.717) is 6.54 Å². The summed E-state index contributed by atoms with van der Waals surface area (Å²) in [6.45, 7) is 3.84. The van der Waals surface area contributed by atoms with E-state index in [4.69, 9.17) is 11.6 Å². The summed E-state index contributed by atoms with van der Waals surface area (Å²) in [6.07, 6.45) is 4.76. The van der Waals surface area contributed by atoms with E-state index in [9.17, 15) is 8.42 Å². The Bertz CT molecular complexity index is 277. The number of nitrogens with one attached hydrogen (secondary N) is 1. The maximum absolute atomic E-state index is 11.3. The van der Waals surface area contributed by atoms with Crippen LogP contribution in [0, 0.1) is 0 Å². The van der Waals surface area contributed by atoms with E-state index in [0.717, 1.165) is 26.1 Å². The van der Waals surface area contributed by atoms with Crippen LogP contribution in [0.5, 0.6) is 0 Å². The second-order valence-corrected chi connectivity index (χ2v) is 6.46. The zero-order chi connectivity index (χ0) is 11.9. The van der Waals surface area contributed by atoms with Crippen molar-refractivity contribution in [2.75, 3.05) is 37.8 Å². The first kappa shape index (κ1) is 14.2. The Kier molecular flexibility index (Phi) is 6.65. The highest BCUT2D eigenvalue weighted by Crippen LogP contribution is 2.08. The SMILES string of the molecule is O=S(=O)(CCCl)NCCCN1CCCCC1. The summed E-state index contributed by atoms with van der Waals surface area (Å²) < 4.78 is 25.1. The maximum Gasteiger partial charge on any atom is 0.212 e. The second-order valence-electron chi connectivity index (χ2n) is 4.16. The number of alkyl halides is 1. The molecule has 96 valence electrons. The van der Waals surface area contributed by atoms with Crippen LogP contribution in [0.2, 0.25) is 0 Å². The zero-order valence-electron chi connectivity index (χ0n) is 9.62. The predicted molar refractivity (Wildman–Crippen MR) is 67.4 cm³/mol. The molecule has 16 heavy (non-hydrogen) atoms. The summed E-state index contributed by atoms with van der Waals surface area (Å²) in [5, 5.41) is 0. The average molecular weight is 269 g/mol. The van der Waals surface area contributed by atoms with Crippen LogP contribution in [-0.4, -0.2) is 51.1 Å². The second kappa shape index (κ2) is 7.48. The predicted octanol–water partition coefficient (Wildman–Crippen LogP) is 1.02. The number of piperidine rings is 1. The van der Waals surface area contributed by atoms with Gasteiger partial charge in [0.2, 0.25) is 10.0 Å². The summed E-state index contributed by atoms with van der Waals surface area (Å²) in [4.78, 5) is 2.40. The highest BCUT2D eigenvalue weighted by molar-refractivity contribution is 7.89. The normalized spacial score (nSPS) is 18.8. The van der Waals surface area contributed by atoms with Crippen LogP contribution in [0.15, 0.2) is 0 Å². The summed E-state index contributed by atoms with van der Waals surface area (Å²) >= 11 is 5.39. The number of hydrogen-bond donors (Lipinski definition) is 1. The maximum atomic E-state index is 11.3. The van der Waals surface area contributed by atoms with Gasteiger partial charge in [0.05, 0.1) is 5.75 Å². The van der Waals surface area contributed by atoms with Crippen molar-refractivity contribution in [1.82, 2.24) is 9.62 Å². The van der Waals surface area contributed by atoms with Crippen molar-refractivity contribution >= 4 is 21.6 Å². The molecule has 0 aliphatic carbocycles. The fourth-order valence-electron chi connectivity index (χ4n) is 1.89. The van der Waals surface area contributed by atoms with Crippen LogP contribution in [-0.2, 0) is 10.0 Å². The molecule has 0 spiro atoms. The summed E-state index contributed by atoms with van der Waals surface area (Å²) in [5.74, 6) is 0.166. The van der Waals surface area contributed by atoms with Gasteiger partial charge in [0.1, 0.15) is 0 Å². The minimum Gasteiger partial charge on any atom is -0.303 e. The molecular formula is C10H21ClN2O2S. The Balaban J connectivity index is 2.06. The van der Waals surface area contributed by atoms with Gasteiger partial charge in [0.15, 0.2) is 0 Å². The summed E-state index contributed by atoms with van der Waals surface area (Å²) in [5.41, 5.74) is 0. The van der Waals surface area contributed by atoms with Crippen molar-refractivity contribution in [1.29, 1.82) is 0 Å². The molecule has 0 aromatic rings. The smallest absolute Gasteiger partial charge is 0.212 e. The molecule has 0 radical (unpaired) electrons. The first-order valence-corrected chi connectivity index (χ1v) is 8.08. The lowest BCUT2D eigenvalue weighted by Crippen LogP contribution is -2.34. The fourth-order valence-corrected chi connectivity index (χ4v) is 3.30. The highest BCUT2D eigenvalue weighted by atomic mass is 35.5. The zero-order valence-corrected chi connectivity index (χ0v) is 11.2. The Labute approximate surface area is 103 Å². The third kappa shape index (κ3) is 6.03. The van der Waals surface area contributed by atoms with E-state index in [2.05, 4.69) is 9.62 Å². The molecule has 6 heteroatoms. The van der Waals surface area contributed by atoms with Crippen molar-refractivity contribution in [3.8, 4) is 0 Å². The summed E-state index contributed by atoms with van der Waals surface area (Å²) in [6, 6.07) is 0. The van der Waals surface area contributed by atoms with Crippen LogP contribution < -0.4 is 4.72 Å². The molecule has 0 aromatic heterocycles. The van der Waals surface area contributed by atoms with E-state index >= 15 is 0 Å². The number of sulfonamides is 1. The standard InChI is InChI=1S/C10H21ClN2O2S/c11-5-10-16(14,15)12-6-4-9-13-7-2-1-3-8-13/h12H,1-10H2. The van der Waals surface area contributed by atoms with Gasteiger partial charge < -0.3 is 4.90 Å². The molecule has 1 N–H and O–H groups in total. The minimum absolute atomic E-state index is 0.0122. The monoisotopic (exact) mass is 268 g/mol. The molecule has 1 aliphatic rings. The molecule has 1 heterocycles. The molecule has 0 unspecified atom stereocenters. The van der Waals surface area contributed by atoms with Gasteiger partial charge >= 0.3 is 0 Å². The number of nitrogens with zero attached hydrogens (tertiary/aromatic N) is 1. The van der Waals surface area contributed by atoms with Gasteiger partial charge in [0.25, 0.3) is 0 Å². The first-order chi connectivity index (χ1) is 7.64. The van der Waals surface area contributed by atoms with Gasteiger partial charge in [-0.25, -0.2) is 13.1 Å². The molecule has 4 nitrogen and oxygen atoms in total. The van der Waals surface area contributed by atoms with Gasteiger partial charge in [0, 0.05) is 12.4 Å².